The summed E-state index contributed by atoms with van der Waals surface area (Å²) in [5.74, 6) is 2.21. The monoisotopic (exact) mass is 426 g/mol. The van der Waals surface area contributed by atoms with Crippen LogP contribution in [-0.2, 0) is 5.41 Å². The third kappa shape index (κ3) is 4.23. The Morgan fingerprint density at radius 1 is 0.967 bits per heavy atom. The summed E-state index contributed by atoms with van der Waals surface area (Å²) in [6.07, 6.45) is 1.65. The second-order valence-corrected chi connectivity index (χ2v) is 8.05. The average Bonchev–Trinajstić information content (AvgIpc) is 3.11. The number of benzene rings is 2. The Morgan fingerprint density at radius 3 is 2.20 bits per heavy atom. The van der Waals surface area contributed by atoms with Gasteiger partial charge in [0.15, 0.2) is 17.3 Å². The van der Waals surface area contributed by atoms with Crippen molar-refractivity contribution < 1.29 is 14.2 Å². The Labute approximate surface area is 181 Å². The minimum atomic E-state index is 0.0748. The molecule has 30 heavy (non-hydrogen) atoms. The number of nitrogens with one attached hydrogen (secondary N) is 1. The molecule has 7 nitrogen and oxygen atoms in total. The quantitative estimate of drug-likeness (QED) is 0.452. The van der Waals surface area contributed by atoms with Crippen molar-refractivity contribution in [2.45, 2.75) is 26.2 Å². The van der Waals surface area contributed by atoms with Crippen LogP contribution in [0.3, 0.4) is 0 Å². The van der Waals surface area contributed by atoms with E-state index in [1.807, 2.05) is 18.2 Å². The standard InChI is InChI=1S/C22H26N4O3S/c1-22(2,3)16-10-7-14(8-11-16)20-24-25-21(30)26(20)23-13-15-9-12-17(27-4)19(29-6)18(15)28-5/h7-13H,1-6H3,(H,25,30)/b23-13-. The molecule has 0 atom stereocenters. The van der Waals surface area contributed by atoms with Crippen molar-refractivity contribution in [1.82, 2.24) is 14.9 Å². The maximum atomic E-state index is 5.51. The van der Waals surface area contributed by atoms with E-state index in [1.54, 1.807) is 38.3 Å². The molecule has 8 heteroatoms. The van der Waals surface area contributed by atoms with Crippen molar-refractivity contribution in [1.29, 1.82) is 0 Å². The van der Waals surface area contributed by atoms with Gasteiger partial charge in [0, 0.05) is 11.1 Å². The number of aromatic amines is 1. The highest BCUT2D eigenvalue weighted by atomic mass is 32.1. The molecule has 0 amide bonds. The normalized spacial score (nSPS) is 11.7. The number of hydrogen-bond donors (Lipinski definition) is 1. The minimum absolute atomic E-state index is 0.0748. The molecule has 1 aromatic heterocycles. The van der Waals surface area contributed by atoms with Gasteiger partial charge in [-0.2, -0.15) is 14.9 Å². The van der Waals surface area contributed by atoms with Gasteiger partial charge in [-0.05, 0) is 35.3 Å². The first-order valence-corrected chi connectivity index (χ1v) is 9.82. The first-order chi connectivity index (χ1) is 14.3. The number of ether oxygens (including phenoxy) is 3. The lowest BCUT2D eigenvalue weighted by molar-refractivity contribution is 0.324. The van der Waals surface area contributed by atoms with Crippen LogP contribution in [0.2, 0.25) is 0 Å². The van der Waals surface area contributed by atoms with Crippen LogP contribution >= 0.6 is 12.2 Å². The fourth-order valence-corrected chi connectivity index (χ4v) is 3.23. The Balaban J connectivity index is 2.01. The second-order valence-electron chi connectivity index (χ2n) is 7.66. The molecular formula is C22H26N4O3S. The highest BCUT2D eigenvalue weighted by molar-refractivity contribution is 7.71. The minimum Gasteiger partial charge on any atom is -0.493 e. The van der Waals surface area contributed by atoms with Crippen LogP contribution in [0.1, 0.15) is 31.9 Å². The van der Waals surface area contributed by atoms with E-state index >= 15 is 0 Å². The second kappa shape index (κ2) is 8.71. The van der Waals surface area contributed by atoms with Gasteiger partial charge in [0.1, 0.15) is 0 Å². The van der Waals surface area contributed by atoms with Crippen molar-refractivity contribution in [3.63, 3.8) is 0 Å². The van der Waals surface area contributed by atoms with Crippen molar-refractivity contribution in [2.24, 2.45) is 5.10 Å². The molecule has 1 heterocycles. The summed E-state index contributed by atoms with van der Waals surface area (Å²) >= 11 is 5.38. The van der Waals surface area contributed by atoms with Crippen LogP contribution in [0, 0.1) is 4.77 Å². The van der Waals surface area contributed by atoms with Crippen LogP contribution in [0.4, 0.5) is 0 Å². The smallest absolute Gasteiger partial charge is 0.216 e. The molecule has 158 valence electrons. The molecule has 0 unspecified atom stereocenters. The third-order valence-electron chi connectivity index (χ3n) is 4.71. The van der Waals surface area contributed by atoms with Crippen LogP contribution in [0.25, 0.3) is 11.4 Å². The number of methoxy groups -OCH3 is 3. The molecule has 0 aliphatic heterocycles. The molecular weight excluding hydrogens is 400 g/mol. The largest absolute Gasteiger partial charge is 0.493 e. The van der Waals surface area contributed by atoms with Crippen molar-refractivity contribution in [3.05, 3.63) is 52.3 Å². The Hall–Kier alpha value is -3.13. The average molecular weight is 427 g/mol. The summed E-state index contributed by atoms with van der Waals surface area (Å²) in [6, 6.07) is 11.9. The van der Waals surface area contributed by atoms with Gasteiger partial charge in [0.05, 0.1) is 27.5 Å². The summed E-state index contributed by atoms with van der Waals surface area (Å²) in [7, 11) is 4.71. The molecule has 0 fully saturated rings. The molecule has 2 aromatic carbocycles. The van der Waals surface area contributed by atoms with Gasteiger partial charge in [-0.3, -0.25) is 0 Å². The van der Waals surface area contributed by atoms with Crippen LogP contribution in [0.5, 0.6) is 17.2 Å². The van der Waals surface area contributed by atoms with E-state index in [0.717, 1.165) is 5.56 Å². The van der Waals surface area contributed by atoms with Gasteiger partial charge in [-0.15, -0.1) is 0 Å². The molecule has 0 saturated heterocycles. The predicted octanol–water partition coefficient (Wildman–Crippen LogP) is 4.81. The number of rotatable bonds is 6. The Morgan fingerprint density at radius 2 is 1.63 bits per heavy atom. The number of hydrogen-bond acceptors (Lipinski definition) is 6. The zero-order valence-corrected chi connectivity index (χ0v) is 18.8. The molecule has 3 rings (SSSR count). The third-order valence-corrected chi connectivity index (χ3v) is 4.97. The first-order valence-electron chi connectivity index (χ1n) is 9.41. The van der Waals surface area contributed by atoms with E-state index in [9.17, 15) is 0 Å². The number of H-pyrrole nitrogens is 1. The summed E-state index contributed by atoms with van der Waals surface area (Å²) in [6.45, 7) is 6.54. The van der Waals surface area contributed by atoms with Crippen LogP contribution in [-0.4, -0.2) is 42.4 Å². The van der Waals surface area contributed by atoms with Crippen LogP contribution in [0.15, 0.2) is 41.5 Å². The molecule has 0 aliphatic rings. The van der Waals surface area contributed by atoms with E-state index in [0.29, 0.717) is 33.4 Å². The first kappa shape index (κ1) is 21.6. The summed E-state index contributed by atoms with van der Waals surface area (Å²) in [4.78, 5) is 0. The lowest BCUT2D eigenvalue weighted by atomic mass is 9.87. The van der Waals surface area contributed by atoms with E-state index < -0.39 is 0 Å². The zero-order chi connectivity index (χ0) is 21.9. The van der Waals surface area contributed by atoms with Gasteiger partial charge in [-0.1, -0.05) is 45.0 Å². The van der Waals surface area contributed by atoms with E-state index in [-0.39, 0.29) is 5.41 Å². The van der Waals surface area contributed by atoms with Gasteiger partial charge in [0.2, 0.25) is 10.5 Å². The van der Waals surface area contributed by atoms with Gasteiger partial charge >= 0.3 is 0 Å². The van der Waals surface area contributed by atoms with Crippen molar-refractivity contribution in [2.75, 3.05) is 21.3 Å². The molecule has 1 N–H and O–H groups in total. The van der Waals surface area contributed by atoms with Gasteiger partial charge in [-0.25, -0.2) is 5.10 Å². The number of aromatic nitrogens is 3. The molecule has 0 radical (unpaired) electrons. The summed E-state index contributed by atoms with van der Waals surface area (Å²) < 4.78 is 18.2. The topological polar surface area (TPSA) is 73.7 Å². The number of nitrogens with zero attached hydrogens (tertiary/aromatic N) is 3. The predicted molar refractivity (Wildman–Crippen MR) is 121 cm³/mol. The molecule has 3 aromatic rings. The molecule has 0 spiro atoms. The SMILES string of the molecule is COc1ccc(/C=N\n2c(-c3ccc(C(C)(C)C)cc3)n[nH]c2=S)c(OC)c1OC. The summed E-state index contributed by atoms with van der Waals surface area (Å²) in [5, 5.41) is 11.7. The molecule has 0 bridgehead atoms. The fourth-order valence-electron chi connectivity index (χ4n) is 3.05. The maximum absolute atomic E-state index is 5.51. The van der Waals surface area contributed by atoms with Crippen molar-refractivity contribution >= 4 is 18.4 Å². The van der Waals surface area contributed by atoms with Crippen molar-refractivity contribution in [3.8, 4) is 28.6 Å². The zero-order valence-electron chi connectivity index (χ0n) is 18.0. The lowest BCUT2D eigenvalue weighted by Gasteiger charge is -2.18. The van der Waals surface area contributed by atoms with Gasteiger partial charge < -0.3 is 14.2 Å². The Kier molecular flexibility index (Phi) is 6.26. The van der Waals surface area contributed by atoms with Crippen LogP contribution < -0.4 is 14.2 Å². The molecule has 0 aliphatic carbocycles. The highest BCUT2D eigenvalue weighted by Gasteiger charge is 2.16. The van der Waals surface area contributed by atoms with E-state index in [4.69, 9.17) is 26.4 Å². The van der Waals surface area contributed by atoms with E-state index in [1.165, 1.54) is 5.56 Å². The molecule has 0 saturated carbocycles. The maximum Gasteiger partial charge on any atom is 0.216 e. The highest BCUT2D eigenvalue weighted by Crippen LogP contribution is 2.39. The fraction of sp³-hybridized carbons (Fsp3) is 0.318. The van der Waals surface area contributed by atoms with E-state index in [2.05, 4.69) is 48.2 Å². The van der Waals surface area contributed by atoms with Gasteiger partial charge in [0.25, 0.3) is 0 Å². The summed E-state index contributed by atoms with van der Waals surface area (Å²) in [5.41, 5.74) is 2.94. The lowest BCUT2D eigenvalue weighted by Crippen LogP contribution is -2.10. The Bertz CT molecular complexity index is 1110.